The van der Waals surface area contributed by atoms with Crippen LogP contribution in [0.25, 0.3) is 0 Å². The summed E-state index contributed by atoms with van der Waals surface area (Å²) in [4.78, 5) is 16.5. The molecule has 19 heavy (non-hydrogen) atoms. The van der Waals surface area contributed by atoms with Crippen LogP contribution in [0, 0.1) is 6.92 Å². The van der Waals surface area contributed by atoms with Gasteiger partial charge >= 0.3 is 0 Å². The van der Waals surface area contributed by atoms with Crippen molar-refractivity contribution in [2.45, 2.75) is 6.92 Å². The maximum absolute atomic E-state index is 12.3. The third kappa shape index (κ3) is 4.37. The Labute approximate surface area is 125 Å². The molecule has 0 radical (unpaired) electrons. The van der Waals surface area contributed by atoms with Gasteiger partial charge in [-0.15, -0.1) is 24.0 Å². The number of aryl methyl sites for hydroxylation is 1. The molecule has 1 fully saturated rings. The molecule has 1 aromatic rings. The van der Waals surface area contributed by atoms with Crippen molar-refractivity contribution in [1.29, 1.82) is 0 Å². The first kappa shape index (κ1) is 16.3. The second kappa shape index (κ2) is 7.73. The fourth-order valence-corrected chi connectivity index (χ4v) is 2.41. The van der Waals surface area contributed by atoms with Gasteiger partial charge in [0.25, 0.3) is 5.91 Å². The minimum atomic E-state index is 0. The molecule has 0 saturated carbocycles. The van der Waals surface area contributed by atoms with Gasteiger partial charge in [0.05, 0.1) is 0 Å². The Balaban J connectivity index is 0.00000180. The number of carbonyl (C=O) groups excluding carboxylic acids is 1. The molecule has 1 saturated heterocycles. The van der Waals surface area contributed by atoms with Gasteiger partial charge in [0, 0.05) is 44.2 Å². The maximum Gasteiger partial charge on any atom is 0.253 e. The van der Waals surface area contributed by atoms with E-state index in [0.29, 0.717) is 5.88 Å². The van der Waals surface area contributed by atoms with Gasteiger partial charge in [0.2, 0.25) is 0 Å². The first-order valence-electron chi connectivity index (χ1n) is 6.35. The third-order valence-corrected chi connectivity index (χ3v) is 3.53. The zero-order valence-corrected chi connectivity index (χ0v) is 12.7. The molecule has 1 aliphatic rings. The molecule has 5 heteroatoms. The first-order valence-corrected chi connectivity index (χ1v) is 6.88. The van der Waals surface area contributed by atoms with Gasteiger partial charge in [-0.1, -0.05) is 17.7 Å². The molecular weight excluding hydrogens is 283 g/mol. The lowest BCUT2D eigenvalue weighted by molar-refractivity contribution is 0.0644. The van der Waals surface area contributed by atoms with Gasteiger partial charge in [-0.2, -0.15) is 0 Å². The summed E-state index contributed by atoms with van der Waals surface area (Å²) in [5, 5.41) is 0. The van der Waals surface area contributed by atoms with Crippen LogP contribution in [0.15, 0.2) is 24.3 Å². The summed E-state index contributed by atoms with van der Waals surface area (Å²) >= 11 is 5.72. The molecule has 0 unspecified atom stereocenters. The summed E-state index contributed by atoms with van der Waals surface area (Å²) in [5.74, 6) is 0.798. The monoisotopic (exact) mass is 302 g/mol. The molecule has 3 nitrogen and oxygen atoms in total. The van der Waals surface area contributed by atoms with Crippen LogP contribution in [0.5, 0.6) is 0 Å². The summed E-state index contributed by atoms with van der Waals surface area (Å²) in [6, 6.07) is 7.78. The standard InChI is InChI=1S/C14H19ClN2O.ClH/c1-12-2-4-13(5-3-12)14(18)17-10-8-16(7-6-15)9-11-17;/h2-5H,6-11H2,1H3;1H. The van der Waals surface area contributed by atoms with Crippen molar-refractivity contribution in [3.63, 3.8) is 0 Å². The average Bonchev–Trinajstić information content (AvgIpc) is 2.40. The summed E-state index contributed by atoms with van der Waals surface area (Å²) in [6.07, 6.45) is 0. The van der Waals surface area contributed by atoms with Crippen LogP contribution >= 0.6 is 24.0 Å². The van der Waals surface area contributed by atoms with E-state index in [0.717, 1.165) is 38.3 Å². The van der Waals surface area contributed by atoms with Crippen molar-refractivity contribution in [1.82, 2.24) is 9.80 Å². The fraction of sp³-hybridized carbons (Fsp3) is 0.500. The van der Waals surface area contributed by atoms with E-state index in [1.165, 1.54) is 5.56 Å². The Morgan fingerprint density at radius 3 is 2.26 bits per heavy atom. The lowest BCUT2D eigenvalue weighted by Gasteiger charge is -2.34. The van der Waals surface area contributed by atoms with E-state index in [-0.39, 0.29) is 18.3 Å². The third-order valence-electron chi connectivity index (χ3n) is 3.36. The highest BCUT2D eigenvalue weighted by atomic mass is 35.5. The Kier molecular flexibility index (Phi) is 6.63. The number of alkyl halides is 1. The SMILES string of the molecule is Cc1ccc(C(=O)N2CCN(CCCl)CC2)cc1.Cl. The molecule has 1 aliphatic heterocycles. The van der Waals surface area contributed by atoms with Crippen LogP contribution in [-0.4, -0.2) is 54.3 Å². The minimum Gasteiger partial charge on any atom is -0.336 e. The number of hydrogen-bond acceptors (Lipinski definition) is 2. The predicted octanol–water partition coefficient (Wildman–Crippen LogP) is 2.41. The van der Waals surface area contributed by atoms with E-state index >= 15 is 0 Å². The highest BCUT2D eigenvalue weighted by molar-refractivity contribution is 6.18. The highest BCUT2D eigenvalue weighted by Gasteiger charge is 2.21. The lowest BCUT2D eigenvalue weighted by Crippen LogP contribution is -2.49. The average molecular weight is 303 g/mol. The van der Waals surface area contributed by atoms with Crippen molar-refractivity contribution in [2.24, 2.45) is 0 Å². The summed E-state index contributed by atoms with van der Waals surface area (Å²) in [5.41, 5.74) is 1.96. The molecule has 1 aromatic carbocycles. The van der Waals surface area contributed by atoms with E-state index in [9.17, 15) is 4.79 Å². The van der Waals surface area contributed by atoms with Gasteiger partial charge in [0.15, 0.2) is 0 Å². The van der Waals surface area contributed by atoms with E-state index in [1.54, 1.807) is 0 Å². The van der Waals surface area contributed by atoms with Crippen LogP contribution in [0.2, 0.25) is 0 Å². The Morgan fingerprint density at radius 2 is 1.74 bits per heavy atom. The van der Waals surface area contributed by atoms with E-state index in [1.807, 2.05) is 36.1 Å². The number of nitrogens with zero attached hydrogens (tertiary/aromatic N) is 2. The van der Waals surface area contributed by atoms with Crippen LogP contribution in [0.4, 0.5) is 0 Å². The van der Waals surface area contributed by atoms with Gasteiger partial charge in [-0.25, -0.2) is 0 Å². The predicted molar refractivity (Wildman–Crippen MR) is 81.5 cm³/mol. The van der Waals surface area contributed by atoms with E-state index < -0.39 is 0 Å². The van der Waals surface area contributed by atoms with Crippen LogP contribution in [0.3, 0.4) is 0 Å². The number of halogens is 2. The van der Waals surface area contributed by atoms with Crippen molar-refractivity contribution < 1.29 is 4.79 Å². The molecule has 1 amide bonds. The molecule has 0 atom stereocenters. The molecule has 1 heterocycles. The topological polar surface area (TPSA) is 23.6 Å². The van der Waals surface area contributed by atoms with Crippen molar-refractivity contribution in [3.05, 3.63) is 35.4 Å². The molecule has 0 spiro atoms. The van der Waals surface area contributed by atoms with Gasteiger partial charge < -0.3 is 4.90 Å². The van der Waals surface area contributed by atoms with Crippen LogP contribution in [0.1, 0.15) is 15.9 Å². The van der Waals surface area contributed by atoms with E-state index in [2.05, 4.69) is 4.90 Å². The molecule has 0 N–H and O–H groups in total. The Hall–Kier alpha value is -0.770. The zero-order valence-electron chi connectivity index (χ0n) is 11.1. The highest BCUT2D eigenvalue weighted by Crippen LogP contribution is 2.10. The lowest BCUT2D eigenvalue weighted by atomic mass is 10.1. The van der Waals surface area contributed by atoms with Crippen molar-refractivity contribution in [2.75, 3.05) is 38.6 Å². The van der Waals surface area contributed by atoms with Gasteiger partial charge in [-0.3, -0.25) is 9.69 Å². The second-order valence-electron chi connectivity index (χ2n) is 4.69. The summed E-state index contributed by atoms with van der Waals surface area (Å²) in [7, 11) is 0. The molecule has 106 valence electrons. The largest absolute Gasteiger partial charge is 0.336 e. The smallest absolute Gasteiger partial charge is 0.253 e. The number of rotatable bonds is 3. The Bertz CT molecular complexity index is 400. The van der Waals surface area contributed by atoms with E-state index in [4.69, 9.17) is 11.6 Å². The molecule has 2 rings (SSSR count). The fourth-order valence-electron chi connectivity index (χ4n) is 2.17. The summed E-state index contributed by atoms with van der Waals surface area (Å²) in [6.45, 7) is 6.37. The molecular formula is C14H20Cl2N2O. The maximum atomic E-state index is 12.3. The van der Waals surface area contributed by atoms with Gasteiger partial charge in [-0.05, 0) is 19.1 Å². The number of carbonyl (C=O) groups is 1. The Morgan fingerprint density at radius 1 is 1.16 bits per heavy atom. The van der Waals surface area contributed by atoms with Crippen LogP contribution in [-0.2, 0) is 0 Å². The molecule has 0 bridgehead atoms. The molecule has 0 aliphatic carbocycles. The number of benzene rings is 1. The minimum absolute atomic E-state index is 0. The number of piperazine rings is 1. The van der Waals surface area contributed by atoms with Gasteiger partial charge in [0.1, 0.15) is 0 Å². The molecule has 0 aromatic heterocycles. The van der Waals surface area contributed by atoms with Crippen molar-refractivity contribution >= 4 is 29.9 Å². The second-order valence-corrected chi connectivity index (χ2v) is 5.07. The summed E-state index contributed by atoms with van der Waals surface area (Å²) < 4.78 is 0. The van der Waals surface area contributed by atoms with Crippen molar-refractivity contribution in [3.8, 4) is 0 Å². The number of amides is 1. The normalized spacial score (nSPS) is 16.0. The van der Waals surface area contributed by atoms with Crippen LogP contribution < -0.4 is 0 Å². The number of hydrogen-bond donors (Lipinski definition) is 0. The zero-order chi connectivity index (χ0) is 13.0. The first-order chi connectivity index (χ1) is 8.70. The quantitative estimate of drug-likeness (QED) is 0.801.